The minimum Gasteiger partial charge on any atom is -0.494 e. The van der Waals surface area contributed by atoms with Crippen LogP contribution in [0.25, 0.3) is 0 Å². The quantitative estimate of drug-likeness (QED) is 0.746. The molecule has 0 radical (unpaired) electrons. The third-order valence-corrected chi connectivity index (χ3v) is 3.38. The molecule has 2 heteroatoms. The zero-order chi connectivity index (χ0) is 13.4. The summed E-state index contributed by atoms with van der Waals surface area (Å²) in [6, 6.07) is 8.78. The lowest BCUT2D eigenvalue weighted by atomic mass is 9.91. The molecule has 0 bridgehead atoms. The summed E-state index contributed by atoms with van der Waals surface area (Å²) in [5.74, 6) is 1.63. The summed E-state index contributed by atoms with van der Waals surface area (Å²) < 4.78 is 5.75. The van der Waals surface area contributed by atoms with E-state index in [1.807, 2.05) is 13.0 Å². The fourth-order valence-corrected chi connectivity index (χ4v) is 2.18. The molecule has 0 aliphatic carbocycles. The van der Waals surface area contributed by atoms with Crippen molar-refractivity contribution in [1.82, 2.24) is 5.32 Å². The molecule has 2 atom stereocenters. The monoisotopic (exact) mass is 249 g/mol. The minimum atomic E-state index is 0.387. The molecule has 2 nitrogen and oxygen atoms in total. The topological polar surface area (TPSA) is 21.3 Å². The highest BCUT2D eigenvalue weighted by atomic mass is 16.5. The Bertz CT molecular complexity index is 338. The lowest BCUT2D eigenvalue weighted by molar-refractivity contribution is 0.316. The molecule has 0 saturated carbocycles. The number of hydrogen-bond donors (Lipinski definition) is 1. The second-order valence-corrected chi connectivity index (χ2v) is 4.79. The van der Waals surface area contributed by atoms with Crippen molar-refractivity contribution in [2.45, 2.75) is 46.6 Å². The molecule has 0 fully saturated rings. The first-order chi connectivity index (χ1) is 8.74. The molecule has 0 amide bonds. The Morgan fingerprint density at radius 1 is 1.17 bits per heavy atom. The maximum Gasteiger partial charge on any atom is 0.124 e. The van der Waals surface area contributed by atoms with Gasteiger partial charge in [-0.15, -0.1) is 0 Å². The molecule has 1 aromatic rings. The minimum absolute atomic E-state index is 0.387. The summed E-state index contributed by atoms with van der Waals surface area (Å²) in [7, 11) is 0. The number of ether oxygens (including phenoxy) is 1. The van der Waals surface area contributed by atoms with Gasteiger partial charge in [0.05, 0.1) is 6.61 Å². The van der Waals surface area contributed by atoms with Gasteiger partial charge in [-0.25, -0.2) is 0 Å². The van der Waals surface area contributed by atoms with Crippen molar-refractivity contribution >= 4 is 0 Å². The Hall–Kier alpha value is -1.02. The van der Waals surface area contributed by atoms with E-state index < -0.39 is 0 Å². The fourth-order valence-electron chi connectivity index (χ4n) is 2.18. The van der Waals surface area contributed by atoms with Gasteiger partial charge in [-0.3, -0.25) is 0 Å². The molecular weight excluding hydrogens is 222 g/mol. The second-order valence-electron chi connectivity index (χ2n) is 4.79. The van der Waals surface area contributed by atoms with E-state index in [2.05, 4.69) is 44.3 Å². The predicted molar refractivity (Wildman–Crippen MR) is 78.1 cm³/mol. The van der Waals surface area contributed by atoms with Crippen LogP contribution in [0.4, 0.5) is 0 Å². The predicted octanol–water partition coefficient (Wildman–Crippen LogP) is 4.17. The van der Waals surface area contributed by atoms with Crippen molar-refractivity contribution in [3.05, 3.63) is 29.8 Å². The highest BCUT2D eigenvalue weighted by molar-refractivity contribution is 5.36. The molecule has 0 aliphatic heterocycles. The van der Waals surface area contributed by atoms with Gasteiger partial charge in [-0.2, -0.15) is 0 Å². The molecule has 0 saturated heterocycles. The van der Waals surface area contributed by atoms with Gasteiger partial charge >= 0.3 is 0 Å². The third-order valence-electron chi connectivity index (χ3n) is 3.38. The van der Waals surface area contributed by atoms with Crippen molar-refractivity contribution < 1.29 is 4.74 Å². The van der Waals surface area contributed by atoms with Gasteiger partial charge in [0.2, 0.25) is 0 Å². The SMILES string of the molecule is CCCNC(c1ccccc1OCC)C(C)CC. The highest BCUT2D eigenvalue weighted by Gasteiger charge is 2.20. The van der Waals surface area contributed by atoms with Crippen LogP contribution < -0.4 is 10.1 Å². The lowest BCUT2D eigenvalue weighted by Crippen LogP contribution is -2.28. The van der Waals surface area contributed by atoms with Crippen molar-refractivity contribution in [3.63, 3.8) is 0 Å². The smallest absolute Gasteiger partial charge is 0.124 e. The highest BCUT2D eigenvalue weighted by Crippen LogP contribution is 2.31. The van der Waals surface area contributed by atoms with Gasteiger partial charge in [0.25, 0.3) is 0 Å². The Balaban J connectivity index is 2.95. The Morgan fingerprint density at radius 2 is 1.89 bits per heavy atom. The Morgan fingerprint density at radius 3 is 2.50 bits per heavy atom. The average Bonchev–Trinajstić information content (AvgIpc) is 2.40. The third kappa shape index (κ3) is 4.02. The summed E-state index contributed by atoms with van der Waals surface area (Å²) in [6.45, 7) is 10.6. The summed E-state index contributed by atoms with van der Waals surface area (Å²) in [5.41, 5.74) is 1.29. The van der Waals surface area contributed by atoms with E-state index in [1.165, 1.54) is 12.0 Å². The summed E-state index contributed by atoms with van der Waals surface area (Å²) >= 11 is 0. The summed E-state index contributed by atoms with van der Waals surface area (Å²) in [5, 5.41) is 3.66. The fraction of sp³-hybridized carbons (Fsp3) is 0.625. The summed E-state index contributed by atoms with van der Waals surface area (Å²) in [4.78, 5) is 0. The van der Waals surface area contributed by atoms with Gasteiger partial charge in [0, 0.05) is 11.6 Å². The number of hydrogen-bond acceptors (Lipinski definition) is 2. The second kappa shape index (κ2) is 8.15. The standard InChI is InChI=1S/C16H27NO/c1-5-12-17-16(13(4)6-2)14-10-8-9-11-15(14)18-7-3/h8-11,13,16-17H,5-7,12H2,1-4H3. The van der Waals surface area contributed by atoms with E-state index in [1.54, 1.807) is 0 Å². The van der Waals surface area contributed by atoms with E-state index in [-0.39, 0.29) is 0 Å². The van der Waals surface area contributed by atoms with Crippen LogP contribution in [0.15, 0.2) is 24.3 Å². The van der Waals surface area contributed by atoms with Crippen molar-refractivity contribution in [3.8, 4) is 5.75 Å². The van der Waals surface area contributed by atoms with Crippen LogP contribution in [0, 0.1) is 5.92 Å². The number of benzene rings is 1. The van der Waals surface area contributed by atoms with Crippen LogP contribution in [0.5, 0.6) is 5.75 Å². The normalized spacial score (nSPS) is 14.2. The van der Waals surface area contributed by atoms with E-state index in [4.69, 9.17) is 4.74 Å². The van der Waals surface area contributed by atoms with E-state index in [9.17, 15) is 0 Å². The lowest BCUT2D eigenvalue weighted by Gasteiger charge is -2.26. The molecule has 18 heavy (non-hydrogen) atoms. The van der Waals surface area contributed by atoms with Gasteiger partial charge in [0.1, 0.15) is 5.75 Å². The van der Waals surface area contributed by atoms with Crippen LogP contribution in [0.1, 0.15) is 52.1 Å². The Kier molecular flexibility index (Phi) is 6.81. The molecular formula is C16H27NO. The first-order valence-electron chi connectivity index (χ1n) is 7.19. The van der Waals surface area contributed by atoms with Crippen LogP contribution >= 0.6 is 0 Å². The molecule has 1 N–H and O–H groups in total. The molecule has 0 heterocycles. The maximum absolute atomic E-state index is 5.75. The van der Waals surface area contributed by atoms with Crippen molar-refractivity contribution in [2.24, 2.45) is 5.92 Å². The van der Waals surface area contributed by atoms with Crippen molar-refractivity contribution in [1.29, 1.82) is 0 Å². The van der Waals surface area contributed by atoms with Crippen LogP contribution in [-0.2, 0) is 0 Å². The molecule has 1 rings (SSSR count). The average molecular weight is 249 g/mol. The van der Waals surface area contributed by atoms with Gasteiger partial charge < -0.3 is 10.1 Å². The number of para-hydroxylation sites is 1. The number of rotatable bonds is 8. The van der Waals surface area contributed by atoms with E-state index >= 15 is 0 Å². The van der Waals surface area contributed by atoms with Crippen molar-refractivity contribution in [2.75, 3.05) is 13.2 Å². The molecule has 0 aromatic heterocycles. The van der Waals surface area contributed by atoms with Gasteiger partial charge in [0.15, 0.2) is 0 Å². The largest absolute Gasteiger partial charge is 0.494 e. The molecule has 1 aromatic carbocycles. The van der Waals surface area contributed by atoms with E-state index in [0.29, 0.717) is 12.0 Å². The van der Waals surface area contributed by atoms with E-state index in [0.717, 1.165) is 25.3 Å². The molecule has 0 spiro atoms. The first kappa shape index (κ1) is 15.0. The summed E-state index contributed by atoms with van der Waals surface area (Å²) in [6.07, 6.45) is 2.32. The zero-order valence-corrected chi connectivity index (χ0v) is 12.2. The maximum atomic E-state index is 5.75. The number of nitrogens with one attached hydrogen (secondary N) is 1. The van der Waals surface area contributed by atoms with Crippen LogP contribution in [0.3, 0.4) is 0 Å². The van der Waals surface area contributed by atoms with Gasteiger partial charge in [-0.05, 0) is 31.9 Å². The van der Waals surface area contributed by atoms with Crippen LogP contribution in [0.2, 0.25) is 0 Å². The molecule has 2 unspecified atom stereocenters. The Labute approximate surface area is 112 Å². The first-order valence-corrected chi connectivity index (χ1v) is 7.19. The van der Waals surface area contributed by atoms with Crippen LogP contribution in [-0.4, -0.2) is 13.2 Å². The zero-order valence-electron chi connectivity index (χ0n) is 12.2. The molecule has 102 valence electrons. The van der Waals surface area contributed by atoms with Gasteiger partial charge in [-0.1, -0.05) is 45.4 Å². The molecule has 0 aliphatic rings.